The average Bonchev–Trinajstić information content (AvgIpc) is 2.88. The molecule has 0 saturated heterocycles. The lowest BCUT2D eigenvalue weighted by Gasteiger charge is -2.03. The highest BCUT2D eigenvalue weighted by molar-refractivity contribution is 5.21. The zero-order valence-corrected chi connectivity index (χ0v) is 7.93. The summed E-state index contributed by atoms with van der Waals surface area (Å²) in [6.07, 6.45) is 3.15. The number of hydrogen-bond donors (Lipinski definition) is 1. The fraction of sp³-hybridized carbons (Fsp3) is 0.273. The lowest BCUT2D eigenvalue weighted by atomic mass is 10.1. The second-order valence-electron chi connectivity index (χ2n) is 3.12. The quantitative estimate of drug-likeness (QED) is 0.812. The fourth-order valence-electron chi connectivity index (χ4n) is 1.33. The van der Waals surface area contributed by atoms with Gasteiger partial charge in [0.05, 0.1) is 12.5 Å². The summed E-state index contributed by atoms with van der Waals surface area (Å²) < 4.78 is 10.3. The Bertz CT molecular complexity index is 386. The Labute approximate surface area is 82.0 Å². The van der Waals surface area contributed by atoms with Crippen molar-refractivity contribution in [1.29, 1.82) is 0 Å². The molecule has 2 aromatic rings. The van der Waals surface area contributed by atoms with Gasteiger partial charge >= 0.3 is 0 Å². The van der Waals surface area contributed by atoms with Crippen molar-refractivity contribution in [3.63, 3.8) is 0 Å². The van der Waals surface area contributed by atoms with E-state index in [1.54, 1.807) is 12.1 Å². The first-order valence-corrected chi connectivity index (χ1v) is 4.60. The van der Waals surface area contributed by atoms with Gasteiger partial charge in [0.2, 0.25) is 0 Å². The molecule has 0 fully saturated rings. The lowest BCUT2D eigenvalue weighted by Crippen LogP contribution is -1.95. The molecule has 0 bridgehead atoms. The van der Waals surface area contributed by atoms with Crippen molar-refractivity contribution in [2.45, 2.75) is 19.4 Å². The Balaban J connectivity index is 2.23. The van der Waals surface area contributed by atoms with Gasteiger partial charge in [-0.3, -0.25) is 0 Å². The van der Waals surface area contributed by atoms with Crippen LogP contribution in [0.1, 0.15) is 30.1 Å². The van der Waals surface area contributed by atoms with Crippen LogP contribution in [-0.2, 0) is 6.42 Å². The predicted molar refractivity (Wildman–Crippen MR) is 50.9 cm³/mol. The highest BCUT2D eigenvalue weighted by atomic mass is 16.4. The fourth-order valence-corrected chi connectivity index (χ4v) is 1.33. The van der Waals surface area contributed by atoms with Crippen molar-refractivity contribution >= 4 is 0 Å². The first-order valence-electron chi connectivity index (χ1n) is 4.60. The van der Waals surface area contributed by atoms with E-state index in [4.69, 9.17) is 8.83 Å². The van der Waals surface area contributed by atoms with Crippen molar-refractivity contribution in [3.05, 3.63) is 47.8 Å². The van der Waals surface area contributed by atoms with Crippen molar-refractivity contribution < 1.29 is 13.9 Å². The van der Waals surface area contributed by atoms with E-state index in [2.05, 4.69) is 0 Å². The van der Waals surface area contributed by atoms with E-state index in [0.29, 0.717) is 11.3 Å². The van der Waals surface area contributed by atoms with Gasteiger partial charge in [0, 0.05) is 12.0 Å². The normalized spacial score (nSPS) is 13.0. The van der Waals surface area contributed by atoms with E-state index in [0.717, 1.165) is 12.2 Å². The maximum Gasteiger partial charge on any atom is 0.140 e. The molecule has 3 heteroatoms. The number of rotatable bonds is 3. The Morgan fingerprint density at radius 3 is 2.79 bits per heavy atom. The Kier molecular flexibility index (Phi) is 2.41. The van der Waals surface area contributed by atoms with Gasteiger partial charge in [0.1, 0.15) is 17.6 Å². The number of furan rings is 2. The van der Waals surface area contributed by atoms with E-state index in [-0.39, 0.29) is 0 Å². The summed E-state index contributed by atoms with van der Waals surface area (Å²) in [6.45, 7) is 2.01. The van der Waals surface area contributed by atoms with Crippen LogP contribution in [0.25, 0.3) is 0 Å². The number of aliphatic hydroxyl groups excluding tert-OH is 1. The van der Waals surface area contributed by atoms with Crippen molar-refractivity contribution in [3.8, 4) is 0 Å². The minimum Gasteiger partial charge on any atom is -0.472 e. The molecule has 0 aliphatic carbocycles. The molecule has 14 heavy (non-hydrogen) atoms. The third-order valence-electron chi connectivity index (χ3n) is 2.16. The minimum atomic E-state index is -0.728. The smallest absolute Gasteiger partial charge is 0.140 e. The van der Waals surface area contributed by atoms with E-state index in [1.807, 2.05) is 13.0 Å². The van der Waals surface area contributed by atoms with Gasteiger partial charge in [-0.15, -0.1) is 0 Å². The first-order chi connectivity index (χ1) is 6.81. The second-order valence-corrected chi connectivity index (χ2v) is 3.12. The largest absolute Gasteiger partial charge is 0.472 e. The highest BCUT2D eigenvalue weighted by Gasteiger charge is 2.15. The van der Waals surface area contributed by atoms with E-state index in [9.17, 15) is 5.11 Å². The van der Waals surface area contributed by atoms with Gasteiger partial charge in [0.25, 0.3) is 0 Å². The molecule has 1 unspecified atom stereocenters. The maximum absolute atomic E-state index is 9.84. The van der Waals surface area contributed by atoms with E-state index < -0.39 is 6.10 Å². The van der Waals surface area contributed by atoms with E-state index >= 15 is 0 Å². The molecule has 3 nitrogen and oxygen atoms in total. The van der Waals surface area contributed by atoms with Crippen LogP contribution < -0.4 is 0 Å². The summed E-state index contributed by atoms with van der Waals surface area (Å²) >= 11 is 0. The monoisotopic (exact) mass is 192 g/mol. The number of aryl methyl sites for hydroxylation is 1. The standard InChI is InChI=1S/C11H12O3/c1-2-9-3-4-10(14-9)11(12)8-5-6-13-7-8/h3-7,11-12H,2H2,1H3. The molecule has 74 valence electrons. The third-order valence-corrected chi connectivity index (χ3v) is 2.16. The molecule has 0 spiro atoms. The van der Waals surface area contributed by atoms with Gasteiger partial charge < -0.3 is 13.9 Å². The van der Waals surface area contributed by atoms with Gasteiger partial charge in [0.15, 0.2) is 0 Å². The van der Waals surface area contributed by atoms with Crippen LogP contribution in [0, 0.1) is 0 Å². The summed E-state index contributed by atoms with van der Waals surface area (Å²) in [7, 11) is 0. The second kappa shape index (κ2) is 3.72. The molecule has 0 aliphatic rings. The summed E-state index contributed by atoms with van der Waals surface area (Å²) in [5, 5.41) is 9.84. The molecule has 1 atom stereocenters. The molecule has 1 N–H and O–H groups in total. The van der Waals surface area contributed by atoms with Gasteiger partial charge in [-0.1, -0.05) is 6.92 Å². The average molecular weight is 192 g/mol. The first kappa shape index (κ1) is 9.09. The molecule has 0 aromatic carbocycles. The Hall–Kier alpha value is -1.48. The maximum atomic E-state index is 9.84. The van der Waals surface area contributed by atoms with Crippen LogP contribution in [0.4, 0.5) is 0 Å². The van der Waals surface area contributed by atoms with Crippen LogP contribution in [0.2, 0.25) is 0 Å². The molecular weight excluding hydrogens is 180 g/mol. The Morgan fingerprint density at radius 1 is 1.36 bits per heavy atom. The predicted octanol–water partition coefficient (Wildman–Crippen LogP) is 2.52. The summed E-state index contributed by atoms with van der Waals surface area (Å²) in [5.41, 5.74) is 0.710. The SMILES string of the molecule is CCc1ccc(C(O)c2ccoc2)o1. The minimum absolute atomic E-state index is 0.559. The van der Waals surface area contributed by atoms with Gasteiger partial charge in [-0.05, 0) is 18.2 Å². The molecule has 2 heterocycles. The molecular formula is C11H12O3. The van der Waals surface area contributed by atoms with Crippen LogP contribution in [0.15, 0.2) is 39.6 Å². The molecule has 2 rings (SSSR count). The molecule has 0 radical (unpaired) electrons. The lowest BCUT2D eigenvalue weighted by molar-refractivity contribution is 0.186. The Morgan fingerprint density at radius 2 is 2.21 bits per heavy atom. The van der Waals surface area contributed by atoms with Crippen LogP contribution in [0.5, 0.6) is 0 Å². The van der Waals surface area contributed by atoms with Crippen molar-refractivity contribution in [2.24, 2.45) is 0 Å². The van der Waals surface area contributed by atoms with Crippen molar-refractivity contribution in [2.75, 3.05) is 0 Å². The van der Waals surface area contributed by atoms with Crippen LogP contribution in [-0.4, -0.2) is 5.11 Å². The topological polar surface area (TPSA) is 46.5 Å². The third kappa shape index (κ3) is 1.59. The zero-order valence-electron chi connectivity index (χ0n) is 7.93. The van der Waals surface area contributed by atoms with Crippen molar-refractivity contribution in [1.82, 2.24) is 0 Å². The summed E-state index contributed by atoms with van der Waals surface area (Å²) in [6, 6.07) is 5.38. The van der Waals surface area contributed by atoms with Gasteiger partial charge in [-0.25, -0.2) is 0 Å². The molecule has 0 amide bonds. The highest BCUT2D eigenvalue weighted by Crippen LogP contribution is 2.24. The van der Waals surface area contributed by atoms with Crippen LogP contribution >= 0.6 is 0 Å². The molecule has 2 aromatic heterocycles. The molecule has 0 saturated carbocycles. The summed E-state index contributed by atoms with van der Waals surface area (Å²) in [4.78, 5) is 0. The number of aliphatic hydroxyl groups is 1. The van der Waals surface area contributed by atoms with E-state index in [1.165, 1.54) is 12.5 Å². The van der Waals surface area contributed by atoms with Crippen LogP contribution in [0.3, 0.4) is 0 Å². The zero-order chi connectivity index (χ0) is 9.97. The number of hydrogen-bond acceptors (Lipinski definition) is 3. The summed E-state index contributed by atoms with van der Waals surface area (Å²) in [5.74, 6) is 1.44. The molecule has 0 aliphatic heterocycles. The van der Waals surface area contributed by atoms with Gasteiger partial charge in [-0.2, -0.15) is 0 Å².